The zero-order valence-corrected chi connectivity index (χ0v) is 17.0. The Bertz CT molecular complexity index is 363. The molecule has 1 N–H and O–H groups in total. The number of nitrogens with one attached hydrogen (secondary N) is 1. The summed E-state index contributed by atoms with van der Waals surface area (Å²) < 4.78 is 0. The van der Waals surface area contributed by atoms with Crippen LogP contribution in [-0.2, 0) is 0 Å². The largest absolute Gasteiger partial charge is 0.365 e. The van der Waals surface area contributed by atoms with Crippen LogP contribution in [0.2, 0.25) is 0 Å². The lowest BCUT2D eigenvalue weighted by Gasteiger charge is -2.24. The molecule has 0 aromatic rings. The van der Waals surface area contributed by atoms with Gasteiger partial charge in [0, 0.05) is 11.9 Å². The number of allylic oxidation sites excluding steroid dienone is 5. The molecular weight excluding hydrogens is 266 g/mol. The molecule has 1 heteroatoms. The van der Waals surface area contributed by atoms with E-state index in [9.17, 15) is 0 Å². The van der Waals surface area contributed by atoms with Gasteiger partial charge >= 0.3 is 0 Å². The predicted molar refractivity (Wildman–Crippen MR) is 104 cm³/mol. The minimum atomic E-state index is 0.544. The van der Waals surface area contributed by atoms with Crippen molar-refractivity contribution in [2.45, 2.75) is 76.2 Å². The summed E-state index contributed by atoms with van der Waals surface area (Å²) in [6.45, 7) is 24.1. The molecule has 22 heavy (non-hydrogen) atoms. The molecule has 0 aromatic heterocycles. The minimum Gasteiger partial charge on any atom is -0.365 e. The lowest BCUT2D eigenvalue weighted by atomic mass is 9.84. The van der Waals surface area contributed by atoms with Crippen molar-refractivity contribution in [2.75, 3.05) is 0 Å². The molecule has 0 bridgehead atoms. The molecule has 130 valence electrons. The first-order valence-electron chi connectivity index (χ1n) is 9.06. The molecule has 1 nitrogen and oxygen atoms in total. The van der Waals surface area contributed by atoms with E-state index < -0.39 is 0 Å². The molecule has 0 unspecified atom stereocenters. The van der Waals surface area contributed by atoms with E-state index in [1.165, 1.54) is 16.8 Å². The van der Waals surface area contributed by atoms with Gasteiger partial charge in [0.1, 0.15) is 0 Å². The normalized spacial score (nSPS) is 14.2. The summed E-state index contributed by atoms with van der Waals surface area (Å²) in [6, 6.07) is 0. The molecule has 0 aromatic carbocycles. The Morgan fingerprint density at radius 1 is 0.727 bits per heavy atom. The summed E-state index contributed by atoms with van der Waals surface area (Å²) in [4.78, 5) is 0. The molecule has 0 aliphatic carbocycles. The first kappa shape index (κ1) is 23.3. The van der Waals surface area contributed by atoms with Gasteiger partial charge < -0.3 is 5.32 Å². The maximum atomic E-state index is 3.44. The van der Waals surface area contributed by atoms with E-state index >= 15 is 0 Å². The Hall–Kier alpha value is -0.980. The SMILES string of the molecule is CC.CC(C)C.CC(C)C1=CC=CNC(C(C)C)=C1C(C)C. The van der Waals surface area contributed by atoms with Crippen molar-refractivity contribution in [2.24, 2.45) is 23.7 Å². The van der Waals surface area contributed by atoms with E-state index in [0.29, 0.717) is 17.8 Å². The minimum absolute atomic E-state index is 0.544. The second kappa shape index (κ2) is 12.6. The molecular formula is C21H41N. The van der Waals surface area contributed by atoms with Crippen molar-refractivity contribution in [3.05, 3.63) is 35.2 Å². The lowest BCUT2D eigenvalue weighted by Crippen LogP contribution is -2.18. The molecule has 0 amide bonds. The topological polar surface area (TPSA) is 12.0 Å². The summed E-state index contributed by atoms with van der Waals surface area (Å²) >= 11 is 0. The van der Waals surface area contributed by atoms with Crippen LogP contribution >= 0.6 is 0 Å². The van der Waals surface area contributed by atoms with Gasteiger partial charge in [-0.25, -0.2) is 0 Å². The maximum Gasteiger partial charge on any atom is 0.0210 e. The van der Waals surface area contributed by atoms with Crippen LogP contribution in [0.3, 0.4) is 0 Å². The van der Waals surface area contributed by atoms with Gasteiger partial charge in [0.15, 0.2) is 0 Å². The third-order valence-corrected chi connectivity index (χ3v) is 2.99. The molecule has 0 atom stereocenters. The van der Waals surface area contributed by atoms with Gasteiger partial charge in [-0.05, 0) is 40.9 Å². The highest BCUT2D eigenvalue weighted by molar-refractivity contribution is 5.42. The lowest BCUT2D eigenvalue weighted by molar-refractivity contribution is 0.636. The average molecular weight is 308 g/mol. The van der Waals surface area contributed by atoms with Crippen LogP contribution in [0.15, 0.2) is 35.2 Å². The van der Waals surface area contributed by atoms with Crippen LogP contribution in [0.1, 0.15) is 76.2 Å². The quantitative estimate of drug-likeness (QED) is 0.595. The van der Waals surface area contributed by atoms with Gasteiger partial charge in [0.25, 0.3) is 0 Å². The van der Waals surface area contributed by atoms with Gasteiger partial charge in [-0.3, -0.25) is 0 Å². The summed E-state index contributed by atoms with van der Waals surface area (Å²) in [5.41, 5.74) is 4.35. The second-order valence-corrected chi connectivity index (χ2v) is 7.15. The van der Waals surface area contributed by atoms with Gasteiger partial charge in [0.05, 0.1) is 0 Å². The van der Waals surface area contributed by atoms with Crippen molar-refractivity contribution in [1.82, 2.24) is 5.32 Å². The molecule has 0 saturated heterocycles. The fraction of sp³-hybridized carbons (Fsp3) is 0.714. The Balaban J connectivity index is 0. The molecule has 0 fully saturated rings. The van der Waals surface area contributed by atoms with Crippen LogP contribution in [-0.4, -0.2) is 0 Å². The monoisotopic (exact) mass is 307 g/mol. The molecule has 1 rings (SSSR count). The summed E-state index contributed by atoms with van der Waals surface area (Å²) in [7, 11) is 0. The average Bonchev–Trinajstić information content (AvgIpc) is 2.62. The van der Waals surface area contributed by atoms with Crippen LogP contribution in [0.4, 0.5) is 0 Å². The Morgan fingerprint density at radius 2 is 1.18 bits per heavy atom. The van der Waals surface area contributed by atoms with Crippen molar-refractivity contribution in [1.29, 1.82) is 0 Å². The third kappa shape index (κ3) is 9.12. The van der Waals surface area contributed by atoms with Crippen molar-refractivity contribution in [3.63, 3.8) is 0 Å². The van der Waals surface area contributed by atoms with E-state index in [1.807, 2.05) is 20.0 Å². The van der Waals surface area contributed by atoms with E-state index in [1.54, 1.807) is 0 Å². The van der Waals surface area contributed by atoms with Crippen molar-refractivity contribution in [3.8, 4) is 0 Å². The van der Waals surface area contributed by atoms with Crippen LogP contribution in [0.25, 0.3) is 0 Å². The van der Waals surface area contributed by atoms with Crippen LogP contribution in [0, 0.1) is 23.7 Å². The van der Waals surface area contributed by atoms with E-state index in [4.69, 9.17) is 0 Å². The zero-order valence-electron chi connectivity index (χ0n) is 17.0. The van der Waals surface area contributed by atoms with Crippen LogP contribution in [0.5, 0.6) is 0 Å². The Labute approximate surface area is 141 Å². The van der Waals surface area contributed by atoms with Gasteiger partial charge in [-0.1, -0.05) is 82.2 Å². The number of rotatable bonds is 3. The zero-order chi connectivity index (χ0) is 17.9. The molecule has 1 aliphatic rings. The second-order valence-electron chi connectivity index (χ2n) is 7.15. The number of hydrogen-bond acceptors (Lipinski definition) is 1. The molecule has 0 saturated carbocycles. The highest BCUT2D eigenvalue weighted by atomic mass is 14.9. The standard InChI is InChI=1S/C15H25N.C4H10.C2H6/c1-10(2)13-8-7-9-16-15(12(5)6)14(13)11(3)4;1-4(2)3;1-2/h7-12,16H,1-6H3;4H,1-3H3;1-2H3. The Kier molecular flexibility index (Phi) is 13.3. The first-order chi connectivity index (χ1) is 10.2. The first-order valence-corrected chi connectivity index (χ1v) is 9.06. The third-order valence-electron chi connectivity index (χ3n) is 2.99. The van der Waals surface area contributed by atoms with Crippen molar-refractivity contribution >= 4 is 0 Å². The van der Waals surface area contributed by atoms with E-state index in [0.717, 1.165) is 5.92 Å². The highest BCUT2D eigenvalue weighted by Gasteiger charge is 2.20. The molecule has 1 aliphatic heterocycles. The molecule has 0 spiro atoms. The highest BCUT2D eigenvalue weighted by Crippen LogP contribution is 2.31. The van der Waals surface area contributed by atoms with E-state index in [2.05, 4.69) is 79.8 Å². The summed E-state index contributed by atoms with van der Waals surface area (Å²) in [5, 5.41) is 3.44. The fourth-order valence-corrected chi connectivity index (χ4v) is 2.24. The molecule has 1 heterocycles. The van der Waals surface area contributed by atoms with Crippen LogP contribution < -0.4 is 5.32 Å². The summed E-state index contributed by atoms with van der Waals surface area (Å²) in [6.07, 6.45) is 6.42. The maximum absolute atomic E-state index is 3.44. The number of hydrogen-bond donors (Lipinski definition) is 1. The predicted octanol–water partition coefficient (Wildman–Crippen LogP) is 6.94. The van der Waals surface area contributed by atoms with Gasteiger partial charge in [-0.15, -0.1) is 0 Å². The van der Waals surface area contributed by atoms with E-state index in [-0.39, 0.29) is 0 Å². The smallest absolute Gasteiger partial charge is 0.0210 e. The van der Waals surface area contributed by atoms with Gasteiger partial charge in [-0.2, -0.15) is 0 Å². The Morgan fingerprint density at radius 3 is 1.50 bits per heavy atom. The molecule has 0 radical (unpaired) electrons. The summed E-state index contributed by atoms with van der Waals surface area (Å²) in [5.74, 6) is 2.52. The van der Waals surface area contributed by atoms with Gasteiger partial charge in [0.2, 0.25) is 0 Å². The van der Waals surface area contributed by atoms with Crippen molar-refractivity contribution < 1.29 is 0 Å². The fourth-order valence-electron chi connectivity index (χ4n) is 2.24.